The van der Waals surface area contributed by atoms with Gasteiger partial charge in [-0.05, 0) is 31.0 Å². The molecule has 2 aromatic rings. The van der Waals surface area contributed by atoms with Crippen LogP contribution >= 0.6 is 0 Å². The van der Waals surface area contributed by atoms with Crippen molar-refractivity contribution in [3.05, 3.63) is 47.4 Å². The lowest BCUT2D eigenvalue weighted by Crippen LogP contribution is -2.36. The van der Waals surface area contributed by atoms with E-state index < -0.39 is 30.0 Å². The maximum atomic E-state index is 13.6. The van der Waals surface area contributed by atoms with Gasteiger partial charge in [-0.1, -0.05) is 19.1 Å². The number of carbonyl (C=O) groups is 1. The maximum Gasteiger partial charge on any atom is 0.410 e. The molecular formula is C18H20F4N4O. The van der Waals surface area contributed by atoms with Gasteiger partial charge in [0, 0.05) is 18.5 Å². The van der Waals surface area contributed by atoms with Crippen LogP contribution in [0.4, 0.5) is 23.4 Å². The van der Waals surface area contributed by atoms with Gasteiger partial charge in [0.2, 0.25) is 0 Å². The molecule has 0 spiro atoms. The lowest BCUT2D eigenvalue weighted by Gasteiger charge is -2.33. The van der Waals surface area contributed by atoms with Crippen LogP contribution < -0.4 is 10.6 Å². The van der Waals surface area contributed by atoms with Crippen LogP contribution in [0.2, 0.25) is 0 Å². The third-order valence-electron chi connectivity index (χ3n) is 4.68. The highest BCUT2D eigenvalue weighted by atomic mass is 19.4. The summed E-state index contributed by atoms with van der Waals surface area (Å²) in [5.41, 5.74) is 0.454. The van der Waals surface area contributed by atoms with Crippen LogP contribution in [0.25, 0.3) is 0 Å². The Hall–Kier alpha value is -2.58. The highest BCUT2D eigenvalue weighted by molar-refractivity contribution is 5.93. The first-order chi connectivity index (χ1) is 12.7. The van der Waals surface area contributed by atoms with Crippen LogP contribution in [-0.4, -0.2) is 27.9 Å². The molecule has 1 aliphatic heterocycles. The van der Waals surface area contributed by atoms with Crippen LogP contribution in [0.5, 0.6) is 0 Å². The van der Waals surface area contributed by atoms with Crippen molar-refractivity contribution < 1.29 is 22.4 Å². The summed E-state index contributed by atoms with van der Waals surface area (Å²) in [6.07, 6.45) is -4.16. The second-order valence-corrected chi connectivity index (χ2v) is 6.68. The molecule has 3 rings (SSSR count). The highest BCUT2D eigenvalue weighted by Gasteiger charge is 2.46. The molecule has 3 atom stereocenters. The molecule has 0 saturated carbocycles. The third-order valence-corrected chi connectivity index (χ3v) is 4.68. The van der Waals surface area contributed by atoms with Crippen molar-refractivity contribution in [2.45, 2.75) is 51.0 Å². The van der Waals surface area contributed by atoms with E-state index in [9.17, 15) is 22.4 Å². The number of carbonyl (C=O) groups excluding carboxylic acids is 1. The van der Waals surface area contributed by atoms with Gasteiger partial charge in [0.05, 0.1) is 6.04 Å². The fourth-order valence-corrected chi connectivity index (χ4v) is 3.00. The Morgan fingerprint density at radius 2 is 2.04 bits per heavy atom. The molecule has 9 heteroatoms. The average Bonchev–Trinajstić information content (AvgIpc) is 3.04. The first-order valence-corrected chi connectivity index (χ1v) is 8.68. The summed E-state index contributed by atoms with van der Waals surface area (Å²) in [4.78, 5) is 12.2. The Bertz CT molecular complexity index is 816. The molecule has 1 aromatic carbocycles. The number of anilines is 1. The summed E-state index contributed by atoms with van der Waals surface area (Å²) in [5.74, 6) is -0.879. The van der Waals surface area contributed by atoms with Crippen LogP contribution in [0.3, 0.4) is 0 Å². The number of aromatic nitrogens is 2. The van der Waals surface area contributed by atoms with Gasteiger partial charge in [-0.3, -0.25) is 4.79 Å². The zero-order chi connectivity index (χ0) is 19.8. The Morgan fingerprint density at radius 3 is 2.63 bits per heavy atom. The van der Waals surface area contributed by atoms with Crippen molar-refractivity contribution in [2.24, 2.45) is 0 Å². The second-order valence-electron chi connectivity index (χ2n) is 6.68. The Labute approximate surface area is 153 Å². The van der Waals surface area contributed by atoms with Crippen LogP contribution in [0, 0.1) is 5.82 Å². The summed E-state index contributed by atoms with van der Waals surface area (Å²) < 4.78 is 54.7. The summed E-state index contributed by atoms with van der Waals surface area (Å²) in [7, 11) is 0. The molecule has 146 valence electrons. The first kappa shape index (κ1) is 19.2. The number of hydrogen-bond acceptors (Lipinski definition) is 3. The Balaban J connectivity index is 1.93. The highest BCUT2D eigenvalue weighted by Crippen LogP contribution is 2.43. The zero-order valence-corrected chi connectivity index (χ0v) is 14.8. The summed E-state index contributed by atoms with van der Waals surface area (Å²) in [5, 5.41) is 9.56. The second kappa shape index (κ2) is 7.21. The number of fused-ring (bicyclic) bond motifs is 1. The SMILES string of the molecule is CC[C@@H](C)NC(=O)c1cc2n(n1)[C@H](C(F)(F)F)C[C@H](c1ccc(F)cc1)N2. The van der Waals surface area contributed by atoms with E-state index in [1.807, 2.05) is 6.92 Å². The van der Waals surface area contributed by atoms with Gasteiger partial charge in [-0.25, -0.2) is 9.07 Å². The predicted octanol–water partition coefficient (Wildman–Crippen LogP) is 4.21. The summed E-state index contributed by atoms with van der Waals surface area (Å²) >= 11 is 0. The first-order valence-electron chi connectivity index (χ1n) is 8.68. The molecule has 0 aliphatic carbocycles. The van der Waals surface area contributed by atoms with Gasteiger partial charge in [0.25, 0.3) is 5.91 Å². The molecule has 5 nitrogen and oxygen atoms in total. The van der Waals surface area contributed by atoms with Crippen LogP contribution in [0.15, 0.2) is 30.3 Å². The number of nitrogens with zero attached hydrogens (tertiary/aromatic N) is 2. The molecule has 0 bridgehead atoms. The number of nitrogens with one attached hydrogen (secondary N) is 2. The van der Waals surface area contributed by atoms with E-state index >= 15 is 0 Å². The lowest BCUT2D eigenvalue weighted by atomic mass is 9.97. The molecule has 2 heterocycles. The van der Waals surface area contributed by atoms with Gasteiger partial charge in [0.15, 0.2) is 11.7 Å². The van der Waals surface area contributed by atoms with Crippen molar-refractivity contribution in [2.75, 3.05) is 5.32 Å². The zero-order valence-electron chi connectivity index (χ0n) is 14.8. The number of benzene rings is 1. The van der Waals surface area contributed by atoms with Crippen molar-refractivity contribution in [3.8, 4) is 0 Å². The van der Waals surface area contributed by atoms with Gasteiger partial charge in [0.1, 0.15) is 11.6 Å². The van der Waals surface area contributed by atoms with Crippen LogP contribution in [-0.2, 0) is 0 Å². The number of amides is 1. The van der Waals surface area contributed by atoms with E-state index in [2.05, 4.69) is 15.7 Å². The molecule has 0 radical (unpaired) electrons. The van der Waals surface area contributed by atoms with Gasteiger partial charge in [-0.2, -0.15) is 18.3 Å². The molecule has 1 aliphatic rings. The standard InChI is InChI=1S/C18H20F4N4O/c1-3-10(2)23-17(27)14-9-16-24-13(11-4-6-12(19)7-5-11)8-15(18(20,21)22)26(16)25-14/h4-7,9-10,13,15,24H,3,8H2,1-2H3,(H,23,27)/t10-,13-,15+/m1/s1. The van der Waals surface area contributed by atoms with Crippen LogP contribution in [0.1, 0.15) is 54.8 Å². The quantitative estimate of drug-likeness (QED) is 0.777. The third kappa shape index (κ3) is 4.06. The largest absolute Gasteiger partial charge is 0.410 e. The summed E-state index contributed by atoms with van der Waals surface area (Å²) in [6, 6.07) is 3.95. The lowest BCUT2D eigenvalue weighted by molar-refractivity contribution is -0.173. The van der Waals surface area contributed by atoms with Crippen molar-refractivity contribution >= 4 is 11.7 Å². The van der Waals surface area contributed by atoms with E-state index in [0.717, 1.165) is 4.68 Å². The fraction of sp³-hybridized carbons (Fsp3) is 0.444. The molecular weight excluding hydrogens is 364 g/mol. The molecule has 27 heavy (non-hydrogen) atoms. The molecule has 0 fully saturated rings. The molecule has 1 aromatic heterocycles. The van der Waals surface area contributed by atoms with E-state index in [-0.39, 0.29) is 24.0 Å². The number of halogens is 4. The summed E-state index contributed by atoms with van der Waals surface area (Å²) in [6.45, 7) is 3.69. The minimum atomic E-state index is -4.54. The number of rotatable bonds is 4. The fourth-order valence-electron chi connectivity index (χ4n) is 3.00. The smallest absolute Gasteiger partial charge is 0.363 e. The Kier molecular flexibility index (Phi) is 5.12. The van der Waals surface area contributed by atoms with E-state index in [0.29, 0.717) is 12.0 Å². The number of alkyl halides is 3. The monoisotopic (exact) mass is 384 g/mol. The van der Waals surface area contributed by atoms with Crippen molar-refractivity contribution in [1.29, 1.82) is 0 Å². The van der Waals surface area contributed by atoms with Gasteiger partial charge < -0.3 is 10.6 Å². The number of hydrogen-bond donors (Lipinski definition) is 2. The normalized spacial score (nSPS) is 20.5. The molecule has 2 N–H and O–H groups in total. The minimum absolute atomic E-state index is 0.0770. The topological polar surface area (TPSA) is 59.0 Å². The van der Waals surface area contributed by atoms with Crippen molar-refractivity contribution in [3.63, 3.8) is 0 Å². The van der Waals surface area contributed by atoms with E-state index in [1.165, 1.54) is 30.3 Å². The maximum absolute atomic E-state index is 13.6. The van der Waals surface area contributed by atoms with Crippen molar-refractivity contribution in [1.82, 2.24) is 15.1 Å². The minimum Gasteiger partial charge on any atom is -0.363 e. The molecule has 0 saturated heterocycles. The Morgan fingerprint density at radius 1 is 1.37 bits per heavy atom. The van der Waals surface area contributed by atoms with E-state index in [1.54, 1.807) is 6.92 Å². The predicted molar refractivity (Wildman–Crippen MR) is 91.9 cm³/mol. The van der Waals surface area contributed by atoms with Gasteiger partial charge in [-0.15, -0.1) is 0 Å². The average molecular weight is 384 g/mol. The van der Waals surface area contributed by atoms with Gasteiger partial charge >= 0.3 is 6.18 Å². The molecule has 1 amide bonds. The molecule has 0 unspecified atom stereocenters. The van der Waals surface area contributed by atoms with E-state index in [4.69, 9.17) is 0 Å².